The molecule has 156 valence electrons. The van der Waals surface area contributed by atoms with E-state index in [4.69, 9.17) is 10.4 Å². The average molecular weight is 400 g/mol. The van der Waals surface area contributed by atoms with Gasteiger partial charge in [-0.15, -0.1) is 0 Å². The van der Waals surface area contributed by atoms with E-state index in [-0.39, 0.29) is 0 Å². The van der Waals surface area contributed by atoms with Gasteiger partial charge in [0, 0.05) is 29.3 Å². The second kappa shape index (κ2) is 10.5. The van der Waals surface area contributed by atoms with Crippen LogP contribution in [0.3, 0.4) is 0 Å². The van der Waals surface area contributed by atoms with Gasteiger partial charge in [0.1, 0.15) is 5.84 Å². The molecular formula is C27H33N3. The standard InChI is InChI=1S/C27H33N3/c1-8-13-24(30-23(12-5)18(6)9-2)21-16-14-20(11-4)26-22(27(28)29-7)17-15-19(10-3)25(21)26/h9-12,14-17H,3-4,8,13H2,1-2,5-7H3,(H2,28,29)/b18-9-,23-12+,30-24+. The molecule has 0 spiro atoms. The lowest BCUT2D eigenvalue weighted by Crippen LogP contribution is -2.19. The number of amidine groups is 1. The van der Waals surface area contributed by atoms with E-state index in [0.717, 1.165) is 62.8 Å². The number of fused-ring (bicyclic) bond motifs is 1. The summed E-state index contributed by atoms with van der Waals surface area (Å²) in [6.07, 6.45) is 9.73. The summed E-state index contributed by atoms with van der Waals surface area (Å²) in [6, 6.07) is 8.22. The SMILES string of the molecule is C=Cc1ccc(/C(CCC)=N/C(=C/C)C(/C)=C\C)c2c(C=C)ccc(C(=N)NC)c12. The second-order valence-corrected chi connectivity index (χ2v) is 7.14. The minimum absolute atomic E-state index is 0.378. The Hall–Kier alpha value is -3.20. The molecule has 0 saturated heterocycles. The highest BCUT2D eigenvalue weighted by Crippen LogP contribution is 2.33. The Morgan fingerprint density at radius 1 is 1.00 bits per heavy atom. The summed E-state index contributed by atoms with van der Waals surface area (Å²) in [5.41, 5.74) is 7.15. The van der Waals surface area contributed by atoms with Crippen LogP contribution in [-0.2, 0) is 0 Å². The fraction of sp³-hybridized carbons (Fsp3) is 0.259. The van der Waals surface area contributed by atoms with E-state index >= 15 is 0 Å². The van der Waals surface area contributed by atoms with Gasteiger partial charge >= 0.3 is 0 Å². The van der Waals surface area contributed by atoms with Crippen LogP contribution < -0.4 is 5.32 Å². The summed E-state index contributed by atoms with van der Waals surface area (Å²) in [5, 5.41) is 13.5. The first-order valence-corrected chi connectivity index (χ1v) is 10.5. The van der Waals surface area contributed by atoms with Crippen LogP contribution in [0.4, 0.5) is 0 Å². The first-order valence-electron chi connectivity index (χ1n) is 10.5. The van der Waals surface area contributed by atoms with E-state index in [1.165, 1.54) is 0 Å². The van der Waals surface area contributed by atoms with Gasteiger partial charge in [-0.2, -0.15) is 0 Å². The van der Waals surface area contributed by atoms with Crippen molar-refractivity contribution in [3.05, 3.63) is 83.1 Å². The maximum Gasteiger partial charge on any atom is 0.125 e. The second-order valence-electron chi connectivity index (χ2n) is 7.14. The highest BCUT2D eigenvalue weighted by Gasteiger charge is 2.17. The molecule has 30 heavy (non-hydrogen) atoms. The molecule has 0 heterocycles. The van der Waals surface area contributed by atoms with Gasteiger partial charge in [-0.25, -0.2) is 0 Å². The van der Waals surface area contributed by atoms with Crippen molar-refractivity contribution in [3.63, 3.8) is 0 Å². The number of aliphatic imine (C=N–C) groups is 1. The first kappa shape index (κ1) is 23.1. The highest BCUT2D eigenvalue weighted by molar-refractivity contribution is 6.20. The molecule has 0 aliphatic rings. The molecule has 2 rings (SSSR count). The van der Waals surface area contributed by atoms with Crippen molar-refractivity contribution in [1.29, 1.82) is 5.41 Å². The molecule has 0 fully saturated rings. The summed E-state index contributed by atoms with van der Waals surface area (Å²) < 4.78 is 0. The van der Waals surface area contributed by atoms with Gasteiger partial charge in [0.2, 0.25) is 0 Å². The molecule has 3 nitrogen and oxygen atoms in total. The van der Waals surface area contributed by atoms with Gasteiger partial charge in [0.15, 0.2) is 0 Å². The van der Waals surface area contributed by atoms with Gasteiger partial charge in [0.25, 0.3) is 0 Å². The largest absolute Gasteiger partial charge is 0.373 e. The molecule has 0 unspecified atom stereocenters. The molecule has 0 aromatic heterocycles. The third-order valence-corrected chi connectivity index (χ3v) is 5.35. The Morgan fingerprint density at radius 3 is 2.03 bits per heavy atom. The summed E-state index contributed by atoms with van der Waals surface area (Å²) in [4.78, 5) is 5.08. The normalized spacial score (nSPS) is 12.8. The lowest BCUT2D eigenvalue weighted by atomic mass is 9.88. The van der Waals surface area contributed by atoms with Crippen LogP contribution in [0.1, 0.15) is 62.8 Å². The van der Waals surface area contributed by atoms with Gasteiger partial charge < -0.3 is 5.32 Å². The Kier molecular flexibility index (Phi) is 8.11. The first-order chi connectivity index (χ1) is 14.5. The molecule has 2 aromatic carbocycles. The third-order valence-electron chi connectivity index (χ3n) is 5.35. The van der Waals surface area contributed by atoms with Gasteiger partial charge in [-0.3, -0.25) is 10.4 Å². The Balaban J connectivity index is 3.00. The number of nitrogens with one attached hydrogen (secondary N) is 2. The fourth-order valence-corrected chi connectivity index (χ4v) is 3.63. The summed E-state index contributed by atoms with van der Waals surface area (Å²) in [6.45, 7) is 16.4. The topological polar surface area (TPSA) is 48.2 Å². The van der Waals surface area contributed by atoms with Crippen molar-refractivity contribution < 1.29 is 0 Å². The van der Waals surface area contributed by atoms with Crippen molar-refractivity contribution in [2.24, 2.45) is 4.99 Å². The maximum atomic E-state index is 8.42. The van der Waals surface area contributed by atoms with Gasteiger partial charge in [-0.1, -0.05) is 75.1 Å². The van der Waals surface area contributed by atoms with Crippen molar-refractivity contribution in [1.82, 2.24) is 5.32 Å². The zero-order chi connectivity index (χ0) is 22.3. The molecule has 2 aromatic rings. The Labute approximate surface area is 181 Å². The van der Waals surface area contributed by atoms with Crippen molar-refractivity contribution >= 4 is 34.5 Å². The monoisotopic (exact) mass is 399 g/mol. The minimum Gasteiger partial charge on any atom is -0.373 e. The number of hydrogen-bond acceptors (Lipinski definition) is 2. The molecule has 0 aliphatic carbocycles. The highest BCUT2D eigenvalue weighted by atomic mass is 14.9. The predicted octanol–water partition coefficient (Wildman–Crippen LogP) is 7.13. The summed E-state index contributed by atoms with van der Waals surface area (Å²) in [7, 11) is 1.77. The third kappa shape index (κ3) is 4.51. The molecule has 0 bridgehead atoms. The van der Waals surface area contributed by atoms with Gasteiger partial charge in [0.05, 0.1) is 5.70 Å². The molecule has 2 N–H and O–H groups in total. The van der Waals surface area contributed by atoms with Crippen LogP contribution >= 0.6 is 0 Å². The van der Waals surface area contributed by atoms with Crippen LogP contribution in [-0.4, -0.2) is 18.6 Å². The minimum atomic E-state index is 0.378. The van der Waals surface area contributed by atoms with Crippen LogP contribution in [0.25, 0.3) is 22.9 Å². The van der Waals surface area contributed by atoms with Crippen LogP contribution in [0.5, 0.6) is 0 Å². The van der Waals surface area contributed by atoms with Crippen molar-refractivity contribution in [2.75, 3.05) is 7.05 Å². The van der Waals surface area contributed by atoms with E-state index in [2.05, 4.69) is 56.6 Å². The molecule has 0 aliphatic heterocycles. The van der Waals surface area contributed by atoms with Gasteiger partial charge in [-0.05, 0) is 49.3 Å². The van der Waals surface area contributed by atoms with E-state index in [0.29, 0.717) is 5.84 Å². The van der Waals surface area contributed by atoms with Crippen LogP contribution in [0.15, 0.2) is 65.8 Å². The molecule has 0 atom stereocenters. The zero-order valence-corrected chi connectivity index (χ0v) is 18.9. The van der Waals surface area contributed by atoms with Crippen molar-refractivity contribution in [2.45, 2.75) is 40.5 Å². The summed E-state index contributed by atoms with van der Waals surface area (Å²) >= 11 is 0. The lowest BCUT2D eigenvalue weighted by Gasteiger charge is -2.18. The van der Waals surface area contributed by atoms with E-state index in [9.17, 15) is 0 Å². The fourth-order valence-electron chi connectivity index (χ4n) is 3.63. The average Bonchev–Trinajstić information content (AvgIpc) is 2.79. The predicted molar refractivity (Wildman–Crippen MR) is 135 cm³/mol. The lowest BCUT2D eigenvalue weighted by molar-refractivity contribution is 0.989. The quantitative estimate of drug-likeness (QED) is 0.277. The number of rotatable bonds is 8. The van der Waals surface area contributed by atoms with Crippen LogP contribution in [0.2, 0.25) is 0 Å². The number of hydrogen-bond donors (Lipinski definition) is 2. The molecule has 0 saturated carbocycles. The molecular weight excluding hydrogens is 366 g/mol. The number of allylic oxidation sites excluding steroid dienone is 3. The zero-order valence-electron chi connectivity index (χ0n) is 18.9. The van der Waals surface area contributed by atoms with E-state index in [1.54, 1.807) is 7.05 Å². The Bertz CT molecular complexity index is 1070. The van der Waals surface area contributed by atoms with Crippen LogP contribution in [0, 0.1) is 5.41 Å². The Morgan fingerprint density at radius 2 is 1.57 bits per heavy atom. The number of nitrogens with zero attached hydrogens (tertiary/aromatic N) is 1. The molecule has 0 radical (unpaired) electrons. The maximum absolute atomic E-state index is 8.42. The molecule has 3 heteroatoms. The smallest absolute Gasteiger partial charge is 0.125 e. The van der Waals surface area contributed by atoms with E-state index < -0.39 is 0 Å². The summed E-state index contributed by atoms with van der Waals surface area (Å²) in [5.74, 6) is 0.378. The van der Waals surface area contributed by atoms with Crippen molar-refractivity contribution in [3.8, 4) is 0 Å². The number of benzene rings is 2. The molecule has 0 amide bonds. The van der Waals surface area contributed by atoms with E-state index in [1.807, 2.05) is 38.1 Å².